The molecule has 0 saturated carbocycles. The number of carbonyl (C=O) groups excluding carboxylic acids is 3. The zero-order valence-corrected chi connectivity index (χ0v) is 25.4. The molecule has 43 heavy (non-hydrogen) atoms. The van der Waals surface area contributed by atoms with Crippen molar-refractivity contribution in [1.29, 1.82) is 0 Å². The van der Waals surface area contributed by atoms with E-state index in [1.807, 2.05) is 61.5 Å². The molecule has 8 nitrogen and oxygen atoms in total. The normalized spacial score (nSPS) is 17.2. The second kappa shape index (κ2) is 15.6. The molecule has 8 heteroatoms. The maximum atomic E-state index is 13.7. The third-order valence-corrected chi connectivity index (χ3v) is 8.03. The molecular formula is C35H43NO7. The van der Waals surface area contributed by atoms with Gasteiger partial charge in [-0.25, -0.2) is 9.69 Å². The molecule has 1 N–H and O–H groups in total. The number of Topliss-reactive ketones (excluding diaryl/α,β-unsaturated/α-hetero) is 1. The summed E-state index contributed by atoms with van der Waals surface area (Å²) in [6.45, 7) is 3.98. The van der Waals surface area contributed by atoms with Crippen LogP contribution in [-0.2, 0) is 20.7 Å². The summed E-state index contributed by atoms with van der Waals surface area (Å²) in [6, 6.07) is 18.2. The molecule has 2 heterocycles. The SMILES string of the molecule is CO[C@@H](C(=O)c1cc(-c2cccc(C)c2)c(CCCCCCCCCCO)o1)C(=O)N1C(=O)O[C@H](c2ccccc2)[C@@H]1C. The third-order valence-electron chi connectivity index (χ3n) is 8.03. The number of ether oxygens (including phenoxy) is 2. The zero-order chi connectivity index (χ0) is 30.8. The number of aryl methyl sites for hydroxylation is 2. The van der Waals surface area contributed by atoms with Gasteiger partial charge in [0.2, 0.25) is 11.9 Å². The fourth-order valence-corrected chi connectivity index (χ4v) is 5.67. The summed E-state index contributed by atoms with van der Waals surface area (Å²) in [4.78, 5) is 41.0. The minimum Gasteiger partial charge on any atom is -0.457 e. The van der Waals surface area contributed by atoms with E-state index in [1.54, 1.807) is 13.0 Å². The van der Waals surface area contributed by atoms with Crippen LogP contribution in [0.15, 0.2) is 65.1 Å². The first-order valence-electron chi connectivity index (χ1n) is 15.3. The number of imide groups is 1. The maximum Gasteiger partial charge on any atom is 0.417 e. The third kappa shape index (κ3) is 8.00. The van der Waals surface area contributed by atoms with E-state index >= 15 is 0 Å². The highest BCUT2D eigenvalue weighted by Crippen LogP contribution is 2.34. The summed E-state index contributed by atoms with van der Waals surface area (Å²) in [7, 11) is 1.27. The molecule has 230 valence electrons. The fourth-order valence-electron chi connectivity index (χ4n) is 5.67. The van der Waals surface area contributed by atoms with E-state index in [4.69, 9.17) is 19.0 Å². The highest BCUT2D eigenvalue weighted by molar-refractivity contribution is 6.14. The Morgan fingerprint density at radius 1 is 0.930 bits per heavy atom. The van der Waals surface area contributed by atoms with Gasteiger partial charge in [-0.3, -0.25) is 9.59 Å². The van der Waals surface area contributed by atoms with Crippen molar-refractivity contribution in [1.82, 2.24) is 4.90 Å². The number of rotatable bonds is 16. The van der Waals surface area contributed by atoms with E-state index in [1.165, 1.54) is 7.11 Å². The van der Waals surface area contributed by atoms with Crippen LogP contribution in [0.2, 0.25) is 0 Å². The van der Waals surface area contributed by atoms with Crippen molar-refractivity contribution in [3.8, 4) is 11.1 Å². The Kier molecular flexibility index (Phi) is 11.7. The molecule has 0 radical (unpaired) electrons. The summed E-state index contributed by atoms with van der Waals surface area (Å²) in [5, 5.41) is 8.92. The first-order valence-corrected chi connectivity index (χ1v) is 15.3. The largest absolute Gasteiger partial charge is 0.457 e. The van der Waals surface area contributed by atoms with Gasteiger partial charge in [0.25, 0.3) is 5.91 Å². The van der Waals surface area contributed by atoms with Crippen LogP contribution >= 0.6 is 0 Å². The molecule has 1 aliphatic heterocycles. The van der Waals surface area contributed by atoms with Gasteiger partial charge in [-0.05, 0) is 43.9 Å². The molecule has 1 aliphatic rings. The molecule has 3 atom stereocenters. The average molecular weight is 590 g/mol. The molecule has 0 unspecified atom stereocenters. The predicted molar refractivity (Wildman–Crippen MR) is 164 cm³/mol. The number of amides is 2. The number of unbranched alkanes of at least 4 members (excludes halogenated alkanes) is 7. The molecule has 2 amide bonds. The second-order valence-corrected chi connectivity index (χ2v) is 11.3. The number of hydrogen-bond acceptors (Lipinski definition) is 7. The van der Waals surface area contributed by atoms with Gasteiger partial charge in [-0.1, -0.05) is 98.7 Å². The maximum absolute atomic E-state index is 13.7. The van der Waals surface area contributed by atoms with Crippen LogP contribution < -0.4 is 0 Å². The Balaban J connectivity index is 1.48. The lowest BCUT2D eigenvalue weighted by Gasteiger charge is -2.22. The fraction of sp³-hybridized carbons (Fsp3) is 0.457. The number of aliphatic hydroxyl groups excluding tert-OH is 1. The van der Waals surface area contributed by atoms with E-state index in [0.29, 0.717) is 12.2 Å². The smallest absolute Gasteiger partial charge is 0.417 e. The number of hydrogen-bond donors (Lipinski definition) is 1. The molecule has 3 aromatic rings. The number of aliphatic hydroxyl groups is 1. The van der Waals surface area contributed by atoms with Gasteiger partial charge in [-0.15, -0.1) is 0 Å². The lowest BCUT2D eigenvalue weighted by atomic mass is 10.00. The first kappa shape index (κ1) is 32.2. The van der Waals surface area contributed by atoms with Crippen molar-refractivity contribution in [2.45, 2.75) is 89.9 Å². The number of cyclic esters (lactones) is 1. The van der Waals surface area contributed by atoms with Crippen LogP contribution in [0.3, 0.4) is 0 Å². The molecule has 0 bridgehead atoms. The summed E-state index contributed by atoms with van der Waals surface area (Å²) in [5.41, 5.74) is 3.60. The Hall–Kier alpha value is -3.75. The summed E-state index contributed by atoms with van der Waals surface area (Å²) in [5.74, 6) is -0.705. The van der Waals surface area contributed by atoms with Crippen molar-refractivity contribution >= 4 is 17.8 Å². The van der Waals surface area contributed by atoms with Crippen molar-refractivity contribution in [2.24, 2.45) is 0 Å². The number of carbonyl (C=O) groups is 3. The number of methoxy groups -OCH3 is 1. The van der Waals surface area contributed by atoms with Gasteiger partial charge in [0, 0.05) is 25.7 Å². The average Bonchev–Trinajstić information content (AvgIpc) is 3.57. The first-order chi connectivity index (χ1) is 20.8. The molecule has 1 aromatic heterocycles. The molecular weight excluding hydrogens is 546 g/mol. The molecule has 0 spiro atoms. The van der Waals surface area contributed by atoms with Crippen LogP contribution in [0, 0.1) is 6.92 Å². The molecule has 4 rings (SSSR count). The van der Waals surface area contributed by atoms with Crippen LogP contribution in [0.25, 0.3) is 11.1 Å². The van der Waals surface area contributed by atoms with E-state index in [-0.39, 0.29) is 12.4 Å². The van der Waals surface area contributed by atoms with Gasteiger partial charge >= 0.3 is 6.09 Å². The summed E-state index contributed by atoms with van der Waals surface area (Å²) >= 11 is 0. The molecule has 2 aromatic carbocycles. The zero-order valence-electron chi connectivity index (χ0n) is 25.4. The van der Waals surface area contributed by atoms with E-state index < -0.39 is 36.0 Å². The van der Waals surface area contributed by atoms with Crippen LogP contribution in [0.1, 0.15) is 91.8 Å². The van der Waals surface area contributed by atoms with Crippen molar-refractivity contribution in [3.05, 3.63) is 83.3 Å². The van der Waals surface area contributed by atoms with Crippen LogP contribution in [0.4, 0.5) is 4.79 Å². The minimum absolute atomic E-state index is 0.0235. The number of furan rings is 1. The molecule has 0 aliphatic carbocycles. The van der Waals surface area contributed by atoms with E-state index in [9.17, 15) is 14.4 Å². The van der Waals surface area contributed by atoms with Gasteiger partial charge in [0.05, 0.1) is 6.04 Å². The van der Waals surface area contributed by atoms with Crippen molar-refractivity contribution in [3.63, 3.8) is 0 Å². The van der Waals surface area contributed by atoms with Gasteiger partial charge < -0.3 is 19.0 Å². The topological polar surface area (TPSA) is 106 Å². The summed E-state index contributed by atoms with van der Waals surface area (Å²) in [6.07, 6.45) is 6.08. The van der Waals surface area contributed by atoms with E-state index in [0.717, 1.165) is 78.5 Å². The summed E-state index contributed by atoms with van der Waals surface area (Å²) < 4.78 is 17.1. The van der Waals surface area contributed by atoms with Crippen LogP contribution in [-0.4, -0.2) is 53.7 Å². The minimum atomic E-state index is -1.56. The highest BCUT2D eigenvalue weighted by atomic mass is 16.6. The Bertz CT molecular complexity index is 1370. The number of nitrogens with zero attached hydrogens (tertiary/aromatic N) is 1. The van der Waals surface area contributed by atoms with Gasteiger partial charge in [0.15, 0.2) is 5.76 Å². The Labute approximate surface area is 254 Å². The van der Waals surface area contributed by atoms with Gasteiger partial charge in [0.1, 0.15) is 11.9 Å². The molecule has 1 saturated heterocycles. The number of benzene rings is 2. The monoisotopic (exact) mass is 589 g/mol. The van der Waals surface area contributed by atoms with E-state index in [2.05, 4.69) is 0 Å². The predicted octanol–water partition coefficient (Wildman–Crippen LogP) is 7.22. The standard InChI is InChI=1S/C35H43NO7/c1-24-16-15-19-27(22-24)28-23-30(42-29(28)20-13-8-6-4-5-7-9-14-21-37)31(38)33(41-3)34(39)36-25(2)32(43-35(36)40)26-17-11-10-12-18-26/h10-12,15-19,22-23,25,32-33,37H,4-9,13-14,20-21H2,1-3H3/t25-,32-,33-/m0/s1. The lowest BCUT2D eigenvalue weighted by Crippen LogP contribution is -2.47. The quantitative estimate of drug-likeness (QED) is 0.107. The van der Waals surface area contributed by atoms with Crippen LogP contribution in [0.5, 0.6) is 0 Å². The van der Waals surface area contributed by atoms with Crippen molar-refractivity contribution < 1.29 is 33.4 Å². The molecule has 1 fully saturated rings. The van der Waals surface area contributed by atoms with Crippen molar-refractivity contribution in [2.75, 3.05) is 13.7 Å². The number of ketones is 1. The Morgan fingerprint density at radius 3 is 2.26 bits per heavy atom. The second-order valence-electron chi connectivity index (χ2n) is 11.3. The highest BCUT2D eigenvalue weighted by Gasteiger charge is 2.47. The van der Waals surface area contributed by atoms with Gasteiger partial charge in [-0.2, -0.15) is 0 Å². The Morgan fingerprint density at radius 2 is 1.60 bits per heavy atom. The lowest BCUT2D eigenvalue weighted by molar-refractivity contribution is -0.137.